The molecule has 3 N–H and O–H groups in total. The van der Waals surface area contributed by atoms with Gasteiger partial charge >= 0.3 is 5.97 Å². The Morgan fingerprint density at radius 2 is 2.06 bits per heavy atom. The van der Waals surface area contributed by atoms with Crippen molar-refractivity contribution in [3.63, 3.8) is 0 Å². The number of β-lactam (4-membered cyclic amide) rings is 1. The van der Waals surface area contributed by atoms with Crippen molar-refractivity contribution in [2.75, 3.05) is 5.75 Å². The second-order valence-corrected chi connectivity index (χ2v) is 8.19. The Morgan fingerprint density at radius 3 is 2.71 bits per heavy atom. The lowest BCUT2D eigenvalue weighted by Gasteiger charge is -2.50. The number of benzene rings is 1. The number of rotatable bonds is 7. The van der Waals surface area contributed by atoms with Crippen LogP contribution in [0.5, 0.6) is 0 Å². The number of hydrogen-bond acceptors (Lipinski definition) is 8. The lowest BCUT2D eigenvalue weighted by molar-refractivity contribution is -0.157. The monoisotopic (exact) mass is 444 g/mol. The molecule has 0 spiro atoms. The summed E-state index contributed by atoms with van der Waals surface area (Å²) in [5.41, 5.74) is 0.966. The topological polar surface area (TPSA) is 151 Å². The van der Waals surface area contributed by atoms with Crippen LogP contribution >= 0.6 is 11.8 Å². The van der Waals surface area contributed by atoms with E-state index in [1.165, 1.54) is 21.3 Å². The standard InChI is InChI=1S/C19H20N6O5S/c1-24-19(21-22-23-24)31-9-11-7-8-12-13(17(28)25(12)14(11)18(29)30)20-16(27)15(26)10-5-3-2-4-6-10/h2-6,12-13,15,26H,7-9H2,1H3,(H,20,27)(H,29,30)/t12-,13+,15+/m0/s1. The van der Waals surface area contributed by atoms with E-state index in [1.54, 1.807) is 37.4 Å². The minimum absolute atomic E-state index is 0.0574. The van der Waals surface area contributed by atoms with E-state index in [4.69, 9.17) is 0 Å². The highest BCUT2D eigenvalue weighted by molar-refractivity contribution is 7.99. The van der Waals surface area contributed by atoms with Crippen LogP contribution in [0, 0.1) is 0 Å². The van der Waals surface area contributed by atoms with Gasteiger partial charge in [-0.2, -0.15) is 0 Å². The number of aliphatic hydroxyl groups excluding tert-OH is 1. The van der Waals surface area contributed by atoms with Gasteiger partial charge in [0.1, 0.15) is 11.7 Å². The molecule has 2 aliphatic heterocycles. The Kier molecular flexibility index (Phi) is 5.74. The molecular weight excluding hydrogens is 424 g/mol. The molecule has 162 valence electrons. The molecule has 0 bridgehead atoms. The molecule has 31 heavy (non-hydrogen) atoms. The number of aliphatic carboxylic acids is 1. The van der Waals surface area contributed by atoms with Crippen molar-refractivity contribution in [1.29, 1.82) is 0 Å². The molecule has 0 aliphatic carbocycles. The Balaban J connectivity index is 1.46. The number of nitrogens with zero attached hydrogens (tertiary/aromatic N) is 5. The van der Waals surface area contributed by atoms with Gasteiger partial charge in [-0.25, -0.2) is 9.48 Å². The van der Waals surface area contributed by atoms with E-state index in [1.807, 2.05) is 0 Å². The maximum atomic E-state index is 12.7. The van der Waals surface area contributed by atoms with E-state index in [-0.39, 0.29) is 5.70 Å². The molecule has 12 heteroatoms. The van der Waals surface area contributed by atoms with Crippen molar-refractivity contribution in [3.05, 3.63) is 47.2 Å². The van der Waals surface area contributed by atoms with Crippen LogP contribution in [-0.4, -0.2) is 70.9 Å². The molecule has 2 amide bonds. The highest BCUT2D eigenvalue weighted by atomic mass is 32.2. The van der Waals surface area contributed by atoms with Crippen molar-refractivity contribution in [2.45, 2.75) is 36.2 Å². The first kappa shape index (κ1) is 21.0. The molecule has 1 aromatic carbocycles. The van der Waals surface area contributed by atoms with E-state index in [0.29, 0.717) is 34.9 Å². The van der Waals surface area contributed by atoms with Gasteiger partial charge in [-0.15, -0.1) is 5.10 Å². The summed E-state index contributed by atoms with van der Waals surface area (Å²) in [7, 11) is 1.68. The van der Waals surface area contributed by atoms with Gasteiger partial charge in [0.25, 0.3) is 11.8 Å². The van der Waals surface area contributed by atoms with E-state index in [2.05, 4.69) is 20.8 Å². The lowest BCUT2D eigenvalue weighted by Crippen LogP contribution is -2.72. The maximum absolute atomic E-state index is 12.7. The molecule has 0 saturated carbocycles. The number of carboxylic acid groups (broad SMARTS) is 1. The second kappa shape index (κ2) is 8.47. The minimum atomic E-state index is -1.41. The average molecular weight is 444 g/mol. The maximum Gasteiger partial charge on any atom is 0.352 e. The SMILES string of the molecule is Cn1nnnc1SCC1=C(C(=O)O)N2C(=O)[C@H](NC(=O)[C@H](O)c3ccccc3)[C@@H]2CC1. The Labute approximate surface area is 181 Å². The van der Waals surface area contributed by atoms with Gasteiger partial charge in [-0.05, 0) is 34.4 Å². The highest BCUT2D eigenvalue weighted by Gasteiger charge is 2.53. The molecule has 3 atom stereocenters. The van der Waals surface area contributed by atoms with Crippen molar-refractivity contribution < 1.29 is 24.6 Å². The molecule has 1 saturated heterocycles. The third kappa shape index (κ3) is 3.91. The van der Waals surface area contributed by atoms with Crippen LogP contribution in [-0.2, 0) is 21.4 Å². The molecular formula is C19H20N6O5S. The summed E-state index contributed by atoms with van der Waals surface area (Å²) in [6, 6.07) is 7.06. The van der Waals surface area contributed by atoms with Crippen molar-refractivity contribution in [1.82, 2.24) is 30.4 Å². The zero-order valence-electron chi connectivity index (χ0n) is 16.5. The van der Waals surface area contributed by atoms with Crippen LogP contribution in [0.3, 0.4) is 0 Å². The predicted octanol–water partition coefficient (Wildman–Crippen LogP) is -0.136. The summed E-state index contributed by atoms with van der Waals surface area (Å²) in [5, 5.41) is 34.2. The fourth-order valence-corrected chi connectivity index (χ4v) is 4.70. The number of fused-ring (bicyclic) bond motifs is 1. The van der Waals surface area contributed by atoms with Crippen LogP contribution in [0.15, 0.2) is 46.8 Å². The first-order valence-electron chi connectivity index (χ1n) is 9.55. The molecule has 4 rings (SSSR count). The quantitative estimate of drug-likeness (QED) is 0.392. The van der Waals surface area contributed by atoms with Gasteiger partial charge in [0, 0.05) is 12.8 Å². The molecule has 11 nitrogen and oxygen atoms in total. The van der Waals surface area contributed by atoms with Gasteiger partial charge in [0.15, 0.2) is 6.10 Å². The molecule has 2 aromatic rings. The summed E-state index contributed by atoms with van der Waals surface area (Å²) in [5.74, 6) is -2.06. The number of tetrazole rings is 1. The number of thioether (sulfide) groups is 1. The average Bonchev–Trinajstić information content (AvgIpc) is 3.19. The van der Waals surface area contributed by atoms with E-state index >= 15 is 0 Å². The fourth-order valence-electron chi connectivity index (χ4n) is 3.79. The minimum Gasteiger partial charge on any atom is -0.477 e. The number of aromatic nitrogens is 4. The van der Waals surface area contributed by atoms with Crippen LogP contribution in [0.25, 0.3) is 0 Å². The van der Waals surface area contributed by atoms with Gasteiger partial charge < -0.3 is 15.5 Å². The Morgan fingerprint density at radius 1 is 1.32 bits per heavy atom. The smallest absolute Gasteiger partial charge is 0.352 e. The fraction of sp³-hybridized carbons (Fsp3) is 0.368. The second-order valence-electron chi connectivity index (χ2n) is 7.24. The van der Waals surface area contributed by atoms with Gasteiger partial charge in [-0.1, -0.05) is 42.1 Å². The number of nitrogens with one attached hydrogen (secondary N) is 1. The largest absolute Gasteiger partial charge is 0.477 e. The molecule has 0 unspecified atom stereocenters. The van der Waals surface area contributed by atoms with Crippen LogP contribution in [0.1, 0.15) is 24.5 Å². The number of aliphatic hydroxyl groups is 1. The molecule has 1 aromatic heterocycles. The third-order valence-corrected chi connectivity index (χ3v) is 6.46. The summed E-state index contributed by atoms with van der Waals surface area (Å²) < 4.78 is 1.48. The third-order valence-electron chi connectivity index (χ3n) is 5.36. The summed E-state index contributed by atoms with van der Waals surface area (Å²) >= 11 is 1.29. The number of carbonyl (C=O) groups excluding carboxylic acids is 2. The van der Waals surface area contributed by atoms with Crippen molar-refractivity contribution >= 4 is 29.5 Å². The number of carboxylic acids is 1. The van der Waals surface area contributed by atoms with Gasteiger partial charge in [-0.3, -0.25) is 14.5 Å². The highest BCUT2D eigenvalue weighted by Crippen LogP contribution is 2.38. The number of amides is 2. The molecule has 2 aliphatic rings. The van der Waals surface area contributed by atoms with Gasteiger partial charge in [0.2, 0.25) is 5.16 Å². The number of carbonyl (C=O) groups is 3. The van der Waals surface area contributed by atoms with E-state index < -0.39 is 36.0 Å². The molecule has 3 heterocycles. The van der Waals surface area contributed by atoms with E-state index in [9.17, 15) is 24.6 Å². The van der Waals surface area contributed by atoms with Crippen LogP contribution < -0.4 is 5.32 Å². The van der Waals surface area contributed by atoms with Crippen molar-refractivity contribution in [2.24, 2.45) is 7.05 Å². The van der Waals surface area contributed by atoms with Gasteiger partial charge in [0.05, 0.1) is 6.04 Å². The zero-order valence-corrected chi connectivity index (χ0v) is 17.3. The molecule has 1 fully saturated rings. The number of aryl methyl sites for hydroxylation is 1. The summed E-state index contributed by atoms with van der Waals surface area (Å²) in [4.78, 5) is 38.3. The normalized spacial score (nSPS) is 21.4. The Hall–Kier alpha value is -3.25. The Bertz CT molecular complexity index is 1060. The summed E-state index contributed by atoms with van der Waals surface area (Å²) in [6.45, 7) is 0. The number of hydrogen-bond donors (Lipinski definition) is 3. The van der Waals surface area contributed by atoms with Crippen LogP contribution in [0.4, 0.5) is 0 Å². The molecule has 0 radical (unpaired) electrons. The van der Waals surface area contributed by atoms with E-state index in [0.717, 1.165) is 0 Å². The predicted molar refractivity (Wildman–Crippen MR) is 107 cm³/mol. The first-order chi connectivity index (χ1) is 14.9. The zero-order chi connectivity index (χ0) is 22.1. The lowest BCUT2D eigenvalue weighted by atomic mass is 9.83. The van der Waals surface area contributed by atoms with Crippen LogP contribution in [0.2, 0.25) is 0 Å². The summed E-state index contributed by atoms with van der Waals surface area (Å²) in [6.07, 6.45) is -0.447. The first-order valence-corrected chi connectivity index (χ1v) is 10.5. The van der Waals surface area contributed by atoms with Crippen molar-refractivity contribution in [3.8, 4) is 0 Å².